The fraction of sp³-hybridized carbons (Fsp3) is 0.160. The minimum Gasteiger partial charge on any atom is -0.315 e. The minimum atomic E-state index is -1.37. The van der Waals surface area contributed by atoms with Crippen molar-refractivity contribution in [1.82, 2.24) is 10.2 Å². The molecule has 1 saturated heterocycles. The van der Waals surface area contributed by atoms with E-state index in [-0.39, 0.29) is 5.78 Å². The number of nitrogens with one attached hydrogen (secondary N) is 1. The molecule has 150 valence electrons. The molecule has 0 radical (unpaired) electrons. The van der Waals surface area contributed by atoms with Crippen LogP contribution in [0.2, 0.25) is 0 Å². The van der Waals surface area contributed by atoms with Crippen molar-refractivity contribution in [1.29, 1.82) is 0 Å². The van der Waals surface area contributed by atoms with Crippen molar-refractivity contribution in [3.8, 4) is 0 Å². The van der Waals surface area contributed by atoms with Crippen molar-refractivity contribution in [2.45, 2.75) is 25.4 Å². The van der Waals surface area contributed by atoms with Gasteiger partial charge in [0.05, 0.1) is 0 Å². The second kappa shape index (κ2) is 7.59. The predicted octanol–water partition coefficient (Wildman–Crippen LogP) is 4.06. The third kappa shape index (κ3) is 3.08. The lowest BCUT2D eigenvalue weighted by atomic mass is 9.82. The summed E-state index contributed by atoms with van der Waals surface area (Å²) >= 11 is 0. The van der Waals surface area contributed by atoms with Gasteiger partial charge in [-0.25, -0.2) is 4.79 Å². The van der Waals surface area contributed by atoms with Gasteiger partial charge in [0.2, 0.25) is 0 Å². The highest BCUT2D eigenvalue weighted by molar-refractivity contribution is 6.14. The summed E-state index contributed by atoms with van der Waals surface area (Å²) in [5.41, 5.74) is 1.41. The number of nitrogens with zero attached hydrogens (tertiary/aromatic N) is 1. The van der Waals surface area contributed by atoms with Crippen LogP contribution >= 0.6 is 0 Å². The van der Waals surface area contributed by atoms with Crippen molar-refractivity contribution >= 4 is 17.7 Å². The van der Waals surface area contributed by atoms with Crippen LogP contribution in [-0.2, 0) is 10.3 Å². The van der Waals surface area contributed by atoms with Gasteiger partial charge in [-0.15, -0.1) is 0 Å². The van der Waals surface area contributed by atoms with E-state index in [0.29, 0.717) is 16.7 Å². The molecule has 1 unspecified atom stereocenters. The first-order chi connectivity index (χ1) is 14.4. The van der Waals surface area contributed by atoms with Crippen LogP contribution in [0.3, 0.4) is 0 Å². The molecule has 0 aromatic heterocycles. The molecule has 30 heavy (non-hydrogen) atoms. The SMILES string of the molecule is Cc1ccc(C(=O)C(C)N2C(=O)NC(c3ccccc3)(c3ccccc3)C2=O)cc1. The van der Waals surface area contributed by atoms with Crippen LogP contribution < -0.4 is 5.32 Å². The molecule has 4 rings (SSSR count). The number of aryl methyl sites for hydroxylation is 1. The first kappa shape index (κ1) is 19.6. The molecule has 3 aromatic rings. The number of amides is 3. The Morgan fingerprint density at radius 1 is 0.833 bits per heavy atom. The lowest BCUT2D eigenvalue weighted by Crippen LogP contribution is -2.47. The van der Waals surface area contributed by atoms with Gasteiger partial charge in [0.15, 0.2) is 11.3 Å². The van der Waals surface area contributed by atoms with E-state index in [2.05, 4.69) is 5.32 Å². The van der Waals surface area contributed by atoms with Gasteiger partial charge in [-0.1, -0.05) is 90.5 Å². The standard InChI is InChI=1S/C25H22N2O3/c1-17-13-15-19(16-14-17)22(28)18(2)27-23(29)25(26-24(27)30,20-9-5-3-6-10-20)21-11-7-4-8-12-21/h3-16,18H,1-2H3,(H,26,30). The molecule has 1 aliphatic rings. The Bertz CT molecular complexity index is 1050. The number of carbonyl (C=O) groups is 3. The maximum absolute atomic E-state index is 13.8. The average molecular weight is 398 g/mol. The molecular weight excluding hydrogens is 376 g/mol. The summed E-state index contributed by atoms with van der Waals surface area (Å²) in [6.45, 7) is 3.52. The van der Waals surface area contributed by atoms with Crippen LogP contribution in [0.25, 0.3) is 0 Å². The molecule has 1 N–H and O–H groups in total. The van der Waals surface area contributed by atoms with Crippen molar-refractivity contribution in [3.05, 3.63) is 107 Å². The number of urea groups is 1. The molecule has 3 amide bonds. The number of hydrogen-bond donors (Lipinski definition) is 1. The largest absolute Gasteiger partial charge is 0.326 e. The first-order valence-electron chi connectivity index (χ1n) is 9.83. The van der Waals surface area contributed by atoms with Gasteiger partial charge < -0.3 is 5.32 Å². The van der Waals surface area contributed by atoms with E-state index in [0.717, 1.165) is 10.5 Å². The molecule has 1 atom stereocenters. The molecular formula is C25H22N2O3. The molecule has 0 spiro atoms. The molecule has 5 nitrogen and oxygen atoms in total. The second-order valence-electron chi connectivity index (χ2n) is 7.49. The number of ketones is 1. The highest BCUT2D eigenvalue weighted by Crippen LogP contribution is 2.37. The Labute approximate surface area is 175 Å². The molecule has 1 heterocycles. The minimum absolute atomic E-state index is 0.282. The Morgan fingerprint density at radius 3 is 1.83 bits per heavy atom. The van der Waals surface area contributed by atoms with E-state index >= 15 is 0 Å². The maximum atomic E-state index is 13.8. The molecule has 0 aliphatic carbocycles. The van der Waals surface area contributed by atoms with Gasteiger partial charge >= 0.3 is 6.03 Å². The van der Waals surface area contributed by atoms with Gasteiger partial charge in [-0.05, 0) is 25.0 Å². The topological polar surface area (TPSA) is 66.5 Å². The highest BCUT2D eigenvalue weighted by Gasteiger charge is 2.55. The van der Waals surface area contributed by atoms with Crippen LogP contribution in [0, 0.1) is 6.92 Å². The second-order valence-corrected chi connectivity index (χ2v) is 7.49. The van der Waals surface area contributed by atoms with E-state index in [1.165, 1.54) is 0 Å². The van der Waals surface area contributed by atoms with Gasteiger partial charge in [0, 0.05) is 5.56 Å². The quantitative estimate of drug-likeness (QED) is 0.521. The zero-order valence-electron chi connectivity index (χ0n) is 16.8. The fourth-order valence-corrected chi connectivity index (χ4v) is 3.91. The summed E-state index contributed by atoms with van der Waals surface area (Å²) in [7, 11) is 0. The molecule has 1 fully saturated rings. The van der Waals surface area contributed by atoms with Crippen LogP contribution in [0.15, 0.2) is 84.9 Å². The molecule has 5 heteroatoms. The van der Waals surface area contributed by atoms with Gasteiger partial charge in [0.1, 0.15) is 6.04 Å². The summed E-state index contributed by atoms with van der Waals surface area (Å²) in [5.74, 6) is -0.742. The van der Waals surface area contributed by atoms with Crippen LogP contribution in [-0.4, -0.2) is 28.7 Å². The Kier molecular flexibility index (Phi) is 4.96. The zero-order valence-corrected chi connectivity index (χ0v) is 16.8. The smallest absolute Gasteiger partial charge is 0.315 e. The van der Waals surface area contributed by atoms with Crippen molar-refractivity contribution in [3.63, 3.8) is 0 Å². The van der Waals surface area contributed by atoms with E-state index in [1.54, 1.807) is 43.3 Å². The molecule has 3 aromatic carbocycles. The summed E-state index contributed by atoms with van der Waals surface area (Å²) in [6.07, 6.45) is 0. The normalized spacial score (nSPS) is 16.3. The van der Waals surface area contributed by atoms with Crippen molar-refractivity contribution in [2.75, 3.05) is 0 Å². The third-order valence-corrected chi connectivity index (χ3v) is 5.57. The third-order valence-electron chi connectivity index (χ3n) is 5.57. The molecule has 0 bridgehead atoms. The van der Waals surface area contributed by atoms with Crippen LogP contribution in [0.4, 0.5) is 4.79 Å². The van der Waals surface area contributed by atoms with Gasteiger partial charge in [-0.3, -0.25) is 14.5 Å². The average Bonchev–Trinajstić information content (AvgIpc) is 3.05. The number of imide groups is 1. The summed E-state index contributed by atoms with van der Waals surface area (Å²) in [4.78, 5) is 40.9. The predicted molar refractivity (Wildman–Crippen MR) is 114 cm³/mol. The Balaban J connectivity index is 1.77. The van der Waals surface area contributed by atoms with Crippen LogP contribution in [0.5, 0.6) is 0 Å². The fourth-order valence-electron chi connectivity index (χ4n) is 3.91. The van der Waals surface area contributed by atoms with Crippen LogP contribution in [0.1, 0.15) is 34.0 Å². The lowest BCUT2D eigenvalue weighted by molar-refractivity contribution is -0.131. The first-order valence-corrected chi connectivity index (χ1v) is 9.83. The zero-order chi connectivity index (χ0) is 21.3. The highest BCUT2D eigenvalue weighted by atomic mass is 16.2. The number of rotatable bonds is 5. The Morgan fingerprint density at radius 2 is 1.33 bits per heavy atom. The summed E-state index contributed by atoms with van der Waals surface area (Å²) in [6, 6.07) is 23.8. The van der Waals surface area contributed by atoms with E-state index in [4.69, 9.17) is 0 Å². The van der Waals surface area contributed by atoms with Gasteiger partial charge in [0.25, 0.3) is 5.91 Å². The monoisotopic (exact) mass is 398 g/mol. The van der Waals surface area contributed by atoms with Gasteiger partial charge in [-0.2, -0.15) is 0 Å². The van der Waals surface area contributed by atoms with Crippen molar-refractivity contribution < 1.29 is 14.4 Å². The summed E-state index contributed by atoms with van der Waals surface area (Å²) in [5, 5.41) is 2.88. The number of Topliss-reactive ketones (excluding diaryl/α,β-unsaturated/α-hetero) is 1. The Hall–Kier alpha value is -3.73. The molecule has 1 aliphatic heterocycles. The maximum Gasteiger partial charge on any atom is 0.326 e. The number of hydrogen-bond acceptors (Lipinski definition) is 3. The van der Waals surface area contributed by atoms with Crippen molar-refractivity contribution in [2.24, 2.45) is 0 Å². The number of carbonyl (C=O) groups excluding carboxylic acids is 3. The lowest BCUT2D eigenvalue weighted by Gasteiger charge is -2.29. The van der Waals surface area contributed by atoms with E-state index in [1.807, 2.05) is 55.5 Å². The van der Waals surface area contributed by atoms with E-state index in [9.17, 15) is 14.4 Å². The molecule has 0 saturated carbocycles. The van der Waals surface area contributed by atoms with E-state index < -0.39 is 23.5 Å². The number of benzene rings is 3. The summed E-state index contributed by atoms with van der Waals surface area (Å²) < 4.78 is 0.